The lowest BCUT2D eigenvalue weighted by molar-refractivity contribution is 0.876. The van der Waals surface area contributed by atoms with E-state index in [1.54, 1.807) is 0 Å². The van der Waals surface area contributed by atoms with Crippen LogP contribution in [0.25, 0.3) is 0 Å². The fourth-order valence-corrected chi connectivity index (χ4v) is 1.97. The Balaban J connectivity index is 2.38. The molecular formula is C10H14ClN3. The van der Waals surface area contributed by atoms with Gasteiger partial charge >= 0.3 is 0 Å². The Morgan fingerprint density at radius 2 is 1.71 bits per heavy atom. The average molecular weight is 212 g/mol. The molecule has 0 atom stereocenters. The van der Waals surface area contributed by atoms with Gasteiger partial charge in [-0.25, -0.2) is 0 Å². The van der Waals surface area contributed by atoms with Crippen molar-refractivity contribution in [3.05, 3.63) is 16.3 Å². The monoisotopic (exact) mass is 211 g/mol. The number of aromatic nitrogens is 2. The summed E-state index contributed by atoms with van der Waals surface area (Å²) in [4.78, 5) is 2.28. The van der Waals surface area contributed by atoms with E-state index in [1.807, 2.05) is 6.92 Å². The van der Waals surface area contributed by atoms with E-state index < -0.39 is 0 Å². The van der Waals surface area contributed by atoms with Gasteiger partial charge in [0.05, 0.1) is 0 Å². The lowest BCUT2D eigenvalue weighted by atomic mass is 10.2. The van der Waals surface area contributed by atoms with Crippen LogP contribution in [0.5, 0.6) is 0 Å². The Morgan fingerprint density at radius 1 is 1.07 bits per heavy atom. The summed E-state index contributed by atoms with van der Waals surface area (Å²) >= 11 is 5.90. The van der Waals surface area contributed by atoms with Crippen molar-refractivity contribution < 1.29 is 0 Å². The van der Waals surface area contributed by atoms with Crippen molar-refractivity contribution in [1.29, 1.82) is 0 Å². The second-order valence-corrected chi connectivity index (χ2v) is 4.12. The van der Waals surface area contributed by atoms with E-state index in [2.05, 4.69) is 22.0 Å². The first-order valence-corrected chi connectivity index (χ1v) is 5.32. The van der Waals surface area contributed by atoms with Crippen LogP contribution >= 0.6 is 11.6 Å². The standard InChI is InChI=1S/C10H14ClN3/c1-7-8(2)10(13-12-9(7)11)14-5-3-4-6-14/h3-6H2,1-2H3. The Morgan fingerprint density at radius 3 is 2.36 bits per heavy atom. The predicted molar refractivity (Wildman–Crippen MR) is 58.0 cm³/mol. The van der Waals surface area contributed by atoms with Crippen LogP contribution in [-0.2, 0) is 0 Å². The minimum absolute atomic E-state index is 0.519. The third-order valence-electron chi connectivity index (χ3n) is 2.85. The molecule has 1 fully saturated rings. The van der Waals surface area contributed by atoms with Crippen molar-refractivity contribution in [2.24, 2.45) is 0 Å². The summed E-state index contributed by atoms with van der Waals surface area (Å²) in [5.41, 5.74) is 2.20. The number of hydrogen-bond acceptors (Lipinski definition) is 3. The SMILES string of the molecule is Cc1c(Cl)nnc(N2CCCC2)c1C. The zero-order chi connectivity index (χ0) is 10.1. The van der Waals surface area contributed by atoms with Gasteiger partial charge in [0.1, 0.15) is 0 Å². The molecule has 0 saturated carbocycles. The molecule has 3 nitrogen and oxygen atoms in total. The Labute approximate surface area is 89.1 Å². The molecular weight excluding hydrogens is 198 g/mol. The summed E-state index contributed by atoms with van der Waals surface area (Å²) in [5, 5.41) is 8.64. The van der Waals surface area contributed by atoms with Crippen LogP contribution < -0.4 is 4.90 Å². The minimum Gasteiger partial charge on any atom is -0.355 e. The number of anilines is 1. The summed E-state index contributed by atoms with van der Waals surface area (Å²) in [6, 6.07) is 0. The number of nitrogens with zero attached hydrogens (tertiary/aromatic N) is 3. The first kappa shape index (κ1) is 9.71. The summed E-state index contributed by atoms with van der Waals surface area (Å²) < 4.78 is 0. The third-order valence-corrected chi connectivity index (χ3v) is 3.20. The largest absolute Gasteiger partial charge is 0.355 e. The van der Waals surface area contributed by atoms with Crippen molar-refractivity contribution in [3.63, 3.8) is 0 Å². The zero-order valence-corrected chi connectivity index (χ0v) is 9.30. The fourth-order valence-electron chi connectivity index (χ4n) is 1.79. The molecule has 1 aromatic heterocycles. The maximum atomic E-state index is 5.90. The average Bonchev–Trinajstić information content (AvgIpc) is 2.67. The molecule has 1 aliphatic heterocycles. The smallest absolute Gasteiger partial charge is 0.155 e. The molecule has 1 saturated heterocycles. The maximum absolute atomic E-state index is 5.90. The van der Waals surface area contributed by atoms with Gasteiger partial charge in [-0.05, 0) is 37.8 Å². The van der Waals surface area contributed by atoms with Crippen LogP contribution in [0.4, 0.5) is 5.82 Å². The third kappa shape index (κ3) is 1.57. The molecule has 76 valence electrons. The van der Waals surface area contributed by atoms with Crippen molar-refractivity contribution in [2.45, 2.75) is 26.7 Å². The lowest BCUT2D eigenvalue weighted by Gasteiger charge is -2.18. The van der Waals surface area contributed by atoms with E-state index >= 15 is 0 Å². The van der Waals surface area contributed by atoms with Gasteiger partial charge in [0.2, 0.25) is 0 Å². The molecule has 0 radical (unpaired) electrons. The molecule has 4 heteroatoms. The van der Waals surface area contributed by atoms with Crippen LogP contribution in [-0.4, -0.2) is 23.3 Å². The second kappa shape index (κ2) is 3.73. The molecule has 2 heterocycles. The van der Waals surface area contributed by atoms with Crippen molar-refractivity contribution in [1.82, 2.24) is 10.2 Å². The van der Waals surface area contributed by atoms with E-state index in [4.69, 9.17) is 11.6 Å². The first-order valence-electron chi connectivity index (χ1n) is 4.94. The quantitative estimate of drug-likeness (QED) is 0.714. The van der Waals surface area contributed by atoms with Crippen LogP contribution in [0.2, 0.25) is 5.15 Å². The highest BCUT2D eigenvalue weighted by Gasteiger charge is 2.17. The van der Waals surface area contributed by atoms with E-state index in [1.165, 1.54) is 12.8 Å². The van der Waals surface area contributed by atoms with Gasteiger partial charge in [-0.2, -0.15) is 0 Å². The van der Waals surface area contributed by atoms with Crippen LogP contribution in [0.3, 0.4) is 0 Å². The minimum atomic E-state index is 0.519. The highest BCUT2D eigenvalue weighted by molar-refractivity contribution is 6.30. The van der Waals surface area contributed by atoms with Gasteiger partial charge < -0.3 is 4.90 Å². The molecule has 1 aliphatic rings. The first-order chi connectivity index (χ1) is 6.70. The highest BCUT2D eigenvalue weighted by atomic mass is 35.5. The number of halogens is 1. The summed E-state index contributed by atoms with van der Waals surface area (Å²) in [6.07, 6.45) is 2.51. The zero-order valence-electron chi connectivity index (χ0n) is 8.55. The molecule has 14 heavy (non-hydrogen) atoms. The number of rotatable bonds is 1. The Kier molecular flexibility index (Phi) is 2.59. The van der Waals surface area contributed by atoms with Gasteiger partial charge in [-0.15, -0.1) is 10.2 Å². The summed E-state index contributed by atoms with van der Waals surface area (Å²) in [7, 11) is 0. The molecule has 1 aromatic rings. The van der Waals surface area contributed by atoms with Crippen LogP contribution in [0, 0.1) is 13.8 Å². The molecule has 0 amide bonds. The number of hydrogen-bond donors (Lipinski definition) is 0. The predicted octanol–water partition coefficient (Wildman–Crippen LogP) is 2.35. The molecule has 0 aromatic carbocycles. The second-order valence-electron chi connectivity index (χ2n) is 3.76. The molecule has 0 spiro atoms. The summed E-state index contributed by atoms with van der Waals surface area (Å²) in [6.45, 7) is 6.24. The molecule has 0 unspecified atom stereocenters. The van der Waals surface area contributed by atoms with Gasteiger partial charge in [0.15, 0.2) is 11.0 Å². The van der Waals surface area contributed by atoms with E-state index in [0.29, 0.717) is 5.15 Å². The molecule has 0 aliphatic carbocycles. The fraction of sp³-hybridized carbons (Fsp3) is 0.600. The van der Waals surface area contributed by atoms with Crippen molar-refractivity contribution in [2.75, 3.05) is 18.0 Å². The Bertz CT molecular complexity index is 345. The Hall–Kier alpha value is -0.830. The lowest BCUT2D eigenvalue weighted by Crippen LogP contribution is -2.21. The normalized spacial score (nSPS) is 16.4. The highest BCUT2D eigenvalue weighted by Crippen LogP contribution is 2.25. The van der Waals surface area contributed by atoms with E-state index in [9.17, 15) is 0 Å². The topological polar surface area (TPSA) is 29.0 Å². The molecule has 2 rings (SSSR count). The van der Waals surface area contributed by atoms with Crippen molar-refractivity contribution in [3.8, 4) is 0 Å². The van der Waals surface area contributed by atoms with Gasteiger partial charge in [0, 0.05) is 13.1 Å². The van der Waals surface area contributed by atoms with E-state index in [0.717, 1.165) is 30.0 Å². The maximum Gasteiger partial charge on any atom is 0.155 e. The van der Waals surface area contributed by atoms with Gasteiger partial charge in [-0.3, -0.25) is 0 Å². The molecule has 0 N–H and O–H groups in total. The molecule has 0 bridgehead atoms. The van der Waals surface area contributed by atoms with E-state index in [-0.39, 0.29) is 0 Å². The van der Waals surface area contributed by atoms with Crippen LogP contribution in [0.1, 0.15) is 24.0 Å². The van der Waals surface area contributed by atoms with Crippen molar-refractivity contribution >= 4 is 17.4 Å². The van der Waals surface area contributed by atoms with Gasteiger partial charge in [-0.1, -0.05) is 11.6 Å². The van der Waals surface area contributed by atoms with Crippen LogP contribution in [0.15, 0.2) is 0 Å². The summed E-state index contributed by atoms with van der Waals surface area (Å²) in [5.74, 6) is 1.00. The van der Waals surface area contributed by atoms with Gasteiger partial charge in [0.25, 0.3) is 0 Å².